The Hall–Kier alpha value is -4.19. The zero-order chi connectivity index (χ0) is 28.9. The topological polar surface area (TPSA) is 136 Å². The van der Waals surface area contributed by atoms with Crippen molar-refractivity contribution in [3.05, 3.63) is 70.1 Å². The number of carbonyl (C=O) groups excluding carboxylic acids is 3. The lowest BCUT2D eigenvalue weighted by Gasteiger charge is -2.19. The van der Waals surface area contributed by atoms with E-state index in [9.17, 15) is 32.3 Å². The van der Waals surface area contributed by atoms with E-state index in [0.29, 0.717) is 16.7 Å². The van der Waals surface area contributed by atoms with Gasteiger partial charge in [0, 0.05) is 24.0 Å². The van der Waals surface area contributed by atoms with Crippen LogP contribution in [0.15, 0.2) is 40.9 Å². The van der Waals surface area contributed by atoms with Crippen LogP contribution in [0.25, 0.3) is 11.3 Å². The normalized spacial score (nSPS) is 12.5. The molecule has 2 atom stereocenters. The Kier molecular flexibility index (Phi) is 9.47. The van der Waals surface area contributed by atoms with Crippen LogP contribution in [0.1, 0.15) is 35.8 Å². The zero-order valence-corrected chi connectivity index (χ0v) is 21.4. The second kappa shape index (κ2) is 12.6. The van der Waals surface area contributed by atoms with Crippen molar-refractivity contribution in [3.8, 4) is 17.1 Å². The quantitative estimate of drug-likeness (QED) is 0.241. The van der Waals surface area contributed by atoms with Crippen LogP contribution in [0.4, 0.5) is 13.2 Å². The fourth-order valence-corrected chi connectivity index (χ4v) is 3.70. The van der Waals surface area contributed by atoms with Gasteiger partial charge in [-0.3, -0.25) is 19.2 Å². The number of nitrogens with zero attached hydrogens (tertiary/aromatic N) is 1. The fourth-order valence-electron chi connectivity index (χ4n) is 3.48. The monoisotopic (exact) mass is 566 g/mol. The Morgan fingerprint density at radius 1 is 1.10 bits per heavy atom. The van der Waals surface area contributed by atoms with E-state index in [-0.39, 0.29) is 23.4 Å². The van der Waals surface area contributed by atoms with Crippen molar-refractivity contribution in [2.75, 3.05) is 6.61 Å². The summed E-state index contributed by atoms with van der Waals surface area (Å²) in [5.74, 6) is -10.2. The minimum Gasteiger partial charge on any atom is -0.481 e. The highest BCUT2D eigenvalue weighted by Crippen LogP contribution is 2.29. The second-order valence-electron chi connectivity index (χ2n) is 8.63. The van der Waals surface area contributed by atoms with E-state index in [2.05, 4.69) is 10.5 Å². The highest BCUT2D eigenvalue weighted by atomic mass is 35.5. The summed E-state index contributed by atoms with van der Waals surface area (Å²) in [5.41, 5.74) is 0.142. The lowest BCUT2D eigenvalue weighted by Crippen LogP contribution is -2.46. The molecule has 0 spiro atoms. The summed E-state index contributed by atoms with van der Waals surface area (Å²) in [6.07, 6.45) is -1.25. The Balaban J connectivity index is 1.64. The third-order valence-electron chi connectivity index (χ3n) is 5.61. The van der Waals surface area contributed by atoms with Crippen LogP contribution in [0.3, 0.4) is 0 Å². The lowest BCUT2D eigenvalue weighted by molar-refractivity contribution is -0.140. The van der Waals surface area contributed by atoms with E-state index >= 15 is 0 Å². The van der Waals surface area contributed by atoms with Crippen molar-refractivity contribution >= 4 is 35.0 Å². The summed E-state index contributed by atoms with van der Waals surface area (Å²) < 4.78 is 51.6. The summed E-state index contributed by atoms with van der Waals surface area (Å²) in [6, 6.07) is 7.01. The SMILES string of the molecule is Cc1cc(F)c(F)c(OCC(=O)[C@H](CC(=O)O)NC(=O)[C@H](C)CC(=O)c2cc(-c3ccccc3Cl)on2)c1F. The van der Waals surface area contributed by atoms with Gasteiger partial charge in [-0.2, -0.15) is 4.39 Å². The number of aromatic nitrogens is 1. The molecule has 0 aliphatic heterocycles. The number of aliphatic carboxylic acids is 1. The van der Waals surface area contributed by atoms with Crippen LogP contribution < -0.4 is 10.1 Å². The molecule has 3 rings (SSSR count). The molecule has 3 aromatic rings. The van der Waals surface area contributed by atoms with Gasteiger partial charge in [0.2, 0.25) is 11.7 Å². The Morgan fingerprint density at radius 2 is 1.79 bits per heavy atom. The Morgan fingerprint density at radius 3 is 2.46 bits per heavy atom. The van der Waals surface area contributed by atoms with Crippen molar-refractivity contribution in [2.24, 2.45) is 5.92 Å². The number of ether oxygens (including phenoxy) is 1. The number of rotatable bonds is 12. The van der Waals surface area contributed by atoms with Gasteiger partial charge in [0.15, 0.2) is 34.7 Å². The molecule has 0 radical (unpaired) electrons. The minimum atomic E-state index is -1.66. The molecule has 1 heterocycles. The molecule has 0 saturated heterocycles. The number of carboxylic acid groups (broad SMARTS) is 1. The van der Waals surface area contributed by atoms with Crippen molar-refractivity contribution < 1.29 is 46.7 Å². The number of aryl methyl sites for hydroxylation is 1. The largest absolute Gasteiger partial charge is 0.481 e. The summed E-state index contributed by atoms with van der Waals surface area (Å²) in [7, 11) is 0. The molecule has 1 aromatic heterocycles. The predicted molar refractivity (Wildman–Crippen MR) is 131 cm³/mol. The molecule has 206 valence electrons. The van der Waals surface area contributed by atoms with E-state index in [0.717, 1.165) is 6.92 Å². The molecule has 9 nitrogen and oxygen atoms in total. The summed E-state index contributed by atoms with van der Waals surface area (Å²) >= 11 is 6.11. The fraction of sp³-hybridized carbons (Fsp3) is 0.269. The molecule has 0 aliphatic rings. The average Bonchev–Trinajstić information content (AvgIpc) is 3.37. The van der Waals surface area contributed by atoms with E-state index in [1.165, 1.54) is 13.0 Å². The molecule has 2 aromatic carbocycles. The van der Waals surface area contributed by atoms with Crippen molar-refractivity contribution in [2.45, 2.75) is 32.7 Å². The standard InChI is InChI=1S/C26H22ClF3N2O7/c1-12-7-16(28)24(30)25(23(12)29)38-11-20(34)17(10-22(35)36)31-26(37)13(2)8-19(33)18-9-21(39-32-18)14-5-3-4-6-15(14)27/h3-7,9,13,17H,8,10-11H2,1-2H3,(H,31,37)(H,35,36)/t13-,17+/m1/s1. The minimum absolute atomic E-state index is 0.0782. The van der Waals surface area contributed by atoms with Crippen LogP contribution in [0.5, 0.6) is 5.75 Å². The van der Waals surface area contributed by atoms with Crippen molar-refractivity contribution in [3.63, 3.8) is 0 Å². The molecule has 0 unspecified atom stereocenters. The predicted octanol–water partition coefficient (Wildman–Crippen LogP) is 4.54. The maximum Gasteiger partial charge on any atom is 0.305 e. The molecule has 1 amide bonds. The van der Waals surface area contributed by atoms with Gasteiger partial charge >= 0.3 is 5.97 Å². The molecule has 2 N–H and O–H groups in total. The highest BCUT2D eigenvalue weighted by Gasteiger charge is 2.29. The number of carbonyl (C=O) groups is 4. The molecule has 0 fully saturated rings. The van der Waals surface area contributed by atoms with Crippen LogP contribution in [0, 0.1) is 30.3 Å². The van der Waals surface area contributed by atoms with Crippen molar-refractivity contribution in [1.29, 1.82) is 0 Å². The van der Waals surface area contributed by atoms with Gasteiger partial charge in [0.1, 0.15) is 18.3 Å². The number of nitrogens with one attached hydrogen (secondary N) is 1. The number of amides is 1. The van der Waals surface area contributed by atoms with E-state index < -0.39 is 71.6 Å². The number of hydrogen-bond acceptors (Lipinski definition) is 7. The number of hydrogen-bond donors (Lipinski definition) is 2. The molecule has 0 aliphatic carbocycles. The lowest BCUT2D eigenvalue weighted by atomic mass is 10.00. The first kappa shape index (κ1) is 29.4. The first-order valence-corrected chi connectivity index (χ1v) is 11.8. The Bertz CT molecular complexity index is 1400. The van der Waals surface area contributed by atoms with E-state index in [4.69, 9.17) is 26.0 Å². The van der Waals surface area contributed by atoms with E-state index in [1.807, 2.05) is 0 Å². The van der Waals surface area contributed by atoms with Gasteiger partial charge in [-0.25, -0.2) is 8.78 Å². The Labute approximate surface area is 224 Å². The second-order valence-corrected chi connectivity index (χ2v) is 9.04. The van der Waals surface area contributed by atoms with Crippen molar-refractivity contribution in [1.82, 2.24) is 10.5 Å². The number of carboxylic acids is 1. The number of ketones is 2. The highest BCUT2D eigenvalue weighted by molar-refractivity contribution is 6.33. The maximum absolute atomic E-state index is 14.1. The molecule has 0 bridgehead atoms. The average molecular weight is 567 g/mol. The smallest absolute Gasteiger partial charge is 0.305 e. The summed E-state index contributed by atoms with van der Waals surface area (Å²) in [5, 5.41) is 15.4. The molecule has 13 heteroatoms. The van der Waals surface area contributed by atoms with Crippen LogP contribution in [0.2, 0.25) is 5.02 Å². The number of benzene rings is 2. The first-order valence-electron chi connectivity index (χ1n) is 11.5. The van der Waals surface area contributed by atoms with Crippen LogP contribution in [-0.2, 0) is 14.4 Å². The van der Waals surface area contributed by atoms with Gasteiger partial charge in [-0.1, -0.05) is 35.8 Å². The first-order chi connectivity index (χ1) is 18.4. The van der Waals surface area contributed by atoms with Gasteiger partial charge < -0.3 is 19.7 Å². The summed E-state index contributed by atoms with van der Waals surface area (Å²) in [4.78, 5) is 49.1. The van der Waals surface area contributed by atoms with Crippen LogP contribution in [-0.4, -0.2) is 46.4 Å². The number of Topliss-reactive ketones (excluding diaryl/α,β-unsaturated/α-hetero) is 2. The third-order valence-corrected chi connectivity index (χ3v) is 5.94. The molecular weight excluding hydrogens is 545 g/mol. The third kappa shape index (κ3) is 7.23. The summed E-state index contributed by atoms with van der Waals surface area (Å²) in [6.45, 7) is 1.45. The molecule has 39 heavy (non-hydrogen) atoms. The zero-order valence-electron chi connectivity index (χ0n) is 20.6. The molecular formula is C26H22ClF3N2O7. The number of halogens is 4. The molecule has 0 saturated carbocycles. The van der Waals surface area contributed by atoms with Gasteiger partial charge in [-0.15, -0.1) is 0 Å². The van der Waals surface area contributed by atoms with Crippen LogP contribution >= 0.6 is 11.6 Å². The van der Waals surface area contributed by atoms with Gasteiger partial charge in [0.25, 0.3) is 0 Å². The van der Waals surface area contributed by atoms with Gasteiger partial charge in [-0.05, 0) is 30.7 Å². The van der Waals surface area contributed by atoms with Gasteiger partial charge in [0.05, 0.1) is 11.4 Å². The maximum atomic E-state index is 14.1. The van der Waals surface area contributed by atoms with E-state index in [1.54, 1.807) is 24.3 Å².